The molecule has 0 heterocycles. The van der Waals surface area contributed by atoms with E-state index in [1.54, 1.807) is 12.1 Å². The van der Waals surface area contributed by atoms with Gasteiger partial charge in [0.1, 0.15) is 5.75 Å². The number of halogens is 1. The minimum Gasteiger partial charge on any atom is -0.507 e. The molecule has 5 heteroatoms. The van der Waals surface area contributed by atoms with Gasteiger partial charge in [-0.2, -0.15) is 5.10 Å². The number of hydrogen-bond acceptors (Lipinski definition) is 3. The first-order chi connectivity index (χ1) is 10.5. The summed E-state index contributed by atoms with van der Waals surface area (Å²) in [6, 6.07) is 12.7. The third kappa shape index (κ3) is 3.95. The summed E-state index contributed by atoms with van der Waals surface area (Å²) in [6.45, 7) is 3.92. The molecule has 2 N–H and O–H groups in total. The summed E-state index contributed by atoms with van der Waals surface area (Å²) in [6.07, 6.45) is 0.982. The molecule has 0 fully saturated rings. The third-order valence-corrected chi connectivity index (χ3v) is 3.80. The Labute approximate surface area is 138 Å². The van der Waals surface area contributed by atoms with Crippen LogP contribution in [0.2, 0.25) is 0 Å². The number of hydrazone groups is 1. The van der Waals surface area contributed by atoms with Gasteiger partial charge in [-0.25, -0.2) is 5.43 Å². The third-order valence-electron chi connectivity index (χ3n) is 3.31. The molecule has 0 saturated heterocycles. The van der Waals surface area contributed by atoms with Crippen molar-refractivity contribution in [2.24, 2.45) is 5.10 Å². The Morgan fingerprint density at radius 2 is 1.91 bits per heavy atom. The van der Waals surface area contributed by atoms with Crippen LogP contribution in [0.4, 0.5) is 0 Å². The second-order valence-corrected chi connectivity index (χ2v) is 5.77. The largest absolute Gasteiger partial charge is 0.507 e. The maximum atomic E-state index is 12.1. The lowest BCUT2D eigenvalue weighted by Crippen LogP contribution is -2.19. The zero-order valence-corrected chi connectivity index (χ0v) is 14.0. The van der Waals surface area contributed by atoms with E-state index in [2.05, 4.69) is 33.4 Å². The molecule has 0 radical (unpaired) electrons. The van der Waals surface area contributed by atoms with Crippen LogP contribution in [0, 0.1) is 0 Å². The van der Waals surface area contributed by atoms with Gasteiger partial charge in [-0.3, -0.25) is 4.79 Å². The van der Waals surface area contributed by atoms with Crippen molar-refractivity contribution in [3.8, 4) is 5.75 Å². The molecule has 0 bridgehead atoms. The highest BCUT2D eigenvalue weighted by molar-refractivity contribution is 9.10. The van der Waals surface area contributed by atoms with Crippen LogP contribution < -0.4 is 5.43 Å². The van der Waals surface area contributed by atoms with Crippen LogP contribution in [0.5, 0.6) is 5.75 Å². The zero-order chi connectivity index (χ0) is 16.1. The van der Waals surface area contributed by atoms with Crippen molar-refractivity contribution < 1.29 is 9.90 Å². The quantitative estimate of drug-likeness (QED) is 0.642. The molecule has 0 aliphatic rings. The zero-order valence-electron chi connectivity index (χ0n) is 12.4. The molecule has 0 aliphatic carbocycles. The van der Waals surface area contributed by atoms with E-state index in [0.717, 1.165) is 12.0 Å². The molecule has 2 aromatic rings. The van der Waals surface area contributed by atoms with Gasteiger partial charge in [0.15, 0.2) is 0 Å². The summed E-state index contributed by atoms with van der Waals surface area (Å²) in [4.78, 5) is 12.1. The number of amides is 1. The molecular weight excluding hydrogens is 344 g/mol. The highest BCUT2D eigenvalue weighted by Crippen LogP contribution is 2.21. The number of carbonyl (C=O) groups excluding carboxylic acids is 1. The van der Waals surface area contributed by atoms with Crippen molar-refractivity contribution in [1.82, 2.24) is 5.43 Å². The van der Waals surface area contributed by atoms with Crippen LogP contribution in [-0.2, 0) is 6.42 Å². The molecule has 22 heavy (non-hydrogen) atoms. The van der Waals surface area contributed by atoms with Crippen molar-refractivity contribution in [1.29, 1.82) is 0 Å². The summed E-state index contributed by atoms with van der Waals surface area (Å²) in [5.74, 6) is -0.538. The maximum Gasteiger partial charge on any atom is 0.275 e. The predicted molar refractivity (Wildman–Crippen MR) is 91.3 cm³/mol. The molecular formula is C17H17BrN2O2. The lowest BCUT2D eigenvalue weighted by molar-refractivity contribution is 0.0952. The Morgan fingerprint density at radius 3 is 2.55 bits per heavy atom. The summed E-state index contributed by atoms with van der Waals surface area (Å²) in [5, 5.41) is 13.8. The average molecular weight is 361 g/mol. The SMILES string of the molecule is CCc1ccc(/C(C)=N\NC(=O)c2cc(Br)ccc2O)cc1. The molecule has 2 rings (SSSR count). The Bertz CT molecular complexity index is 709. The van der Waals surface area contributed by atoms with Gasteiger partial charge in [0.05, 0.1) is 11.3 Å². The number of benzene rings is 2. The standard InChI is InChI=1S/C17H17BrN2O2/c1-3-12-4-6-13(7-5-12)11(2)19-20-17(22)15-10-14(18)8-9-16(15)21/h4-10,21H,3H2,1-2H3,(H,20,22)/b19-11-. The Kier molecular flexibility index (Phi) is 5.33. The van der Waals surface area contributed by atoms with Gasteiger partial charge in [-0.1, -0.05) is 47.1 Å². The molecule has 0 unspecified atom stereocenters. The van der Waals surface area contributed by atoms with E-state index in [1.165, 1.54) is 11.6 Å². The van der Waals surface area contributed by atoms with E-state index in [0.29, 0.717) is 10.2 Å². The first-order valence-corrected chi connectivity index (χ1v) is 7.73. The van der Waals surface area contributed by atoms with Crippen molar-refractivity contribution >= 4 is 27.5 Å². The fourth-order valence-corrected chi connectivity index (χ4v) is 2.29. The van der Waals surface area contributed by atoms with Gasteiger partial charge in [0, 0.05) is 4.47 Å². The number of rotatable bonds is 4. The molecule has 0 saturated carbocycles. The molecule has 0 aromatic heterocycles. The normalized spacial score (nSPS) is 11.3. The lowest BCUT2D eigenvalue weighted by atomic mass is 10.1. The van der Waals surface area contributed by atoms with Crippen LogP contribution in [-0.4, -0.2) is 16.7 Å². The second-order valence-electron chi connectivity index (χ2n) is 4.85. The van der Waals surface area contributed by atoms with E-state index >= 15 is 0 Å². The first kappa shape index (κ1) is 16.2. The summed E-state index contributed by atoms with van der Waals surface area (Å²) in [7, 11) is 0. The molecule has 1 amide bonds. The number of carbonyl (C=O) groups is 1. The van der Waals surface area contributed by atoms with Crippen molar-refractivity contribution in [3.05, 3.63) is 63.6 Å². The van der Waals surface area contributed by atoms with Gasteiger partial charge in [-0.15, -0.1) is 0 Å². The minimum atomic E-state index is -0.455. The monoisotopic (exact) mass is 360 g/mol. The Morgan fingerprint density at radius 1 is 1.23 bits per heavy atom. The van der Waals surface area contributed by atoms with Crippen LogP contribution in [0.25, 0.3) is 0 Å². The van der Waals surface area contributed by atoms with E-state index in [-0.39, 0.29) is 11.3 Å². The Balaban J connectivity index is 2.12. The minimum absolute atomic E-state index is 0.0825. The fraction of sp³-hybridized carbons (Fsp3) is 0.176. The maximum absolute atomic E-state index is 12.1. The van der Waals surface area contributed by atoms with Gasteiger partial charge in [0.25, 0.3) is 5.91 Å². The van der Waals surface area contributed by atoms with Gasteiger partial charge in [-0.05, 0) is 42.7 Å². The predicted octanol–water partition coefficient (Wildman–Crippen LogP) is 3.87. The smallest absolute Gasteiger partial charge is 0.275 e. The Hall–Kier alpha value is -2.14. The summed E-state index contributed by atoms with van der Waals surface area (Å²) < 4.78 is 0.714. The van der Waals surface area contributed by atoms with E-state index in [9.17, 15) is 9.90 Å². The lowest BCUT2D eigenvalue weighted by Gasteiger charge is -2.06. The average Bonchev–Trinajstić information content (AvgIpc) is 2.54. The fourth-order valence-electron chi connectivity index (χ4n) is 1.93. The second kappa shape index (κ2) is 7.22. The molecule has 2 aromatic carbocycles. The number of phenolic OH excluding ortho intramolecular Hbond substituents is 1. The molecule has 0 aliphatic heterocycles. The number of nitrogens with zero attached hydrogens (tertiary/aromatic N) is 1. The van der Waals surface area contributed by atoms with E-state index in [4.69, 9.17) is 0 Å². The van der Waals surface area contributed by atoms with Crippen LogP contribution >= 0.6 is 15.9 Å². The van der Waals surface area contributed by atoms with Crippen LogP contribution in [0.15, 0.2) is 52.0 Å². The highest BCUT2D eigenvalue weighted by atomic mass is 79.9. The molecule has 0 atom stereocenters. The summed E-state index contributed by atoms with van der Waals surface area (Å²) in [5.41, 5.74) is 5.53. The van der Waals surface area contributed by atoms with Crippen molar-refractivity contribution in [3.63, 3.8) is 0 Å². The number of aryl methyl sites for hydroxylation is 1. The molecule has 114 valence electrons. The number of aromatic hydroxyl groups is 1. The van der Waals surface area contributed by atoms with Crippen LogP contribution in [0.3, 0.4) is 0 Å². The summed E-state index contributed by atoms with van der Waals surface area (Å²) >= 11 is 3.27. The van der Waals surface area contributed by atoms with Gasteiger partial charge >= 0.3 is 0 Å². The number of hydrogen-bond donors (Lipinski definition) is 2. The van der Waals surface area contributed by atoms with E-state index < -0.39 is 5.91 Å². The van der Waals surface area contributed by atoms with E-state index in [1.807, 2.05) is 31.2 Å². The van der Waals surface area contributed by atoms with Crippen molar-refractivity contribution in [2.75, 3.05) is 0 Å². The number of phenols is 1. The molecule has 0 spiro atoms. The van der Waals surface area contributed by atoms with Crippen LogP contribution in [0.1, 0.15) is 35.3 Å². The topological polar surface area (TPSA) is 61.7 Å². The highest BCUT2D eigenvalue weighted by Gasteiger charge is 2.11. The first-order valence-electron chi connectivity index (χ1n) is 6.93. The van der Waals surface area contributed by atoms with Gasteiger partial charge in [0.2, 0.25) is 0 Å². The molecule has 4 nitrogen and oxygen atoms in total. The van der Waals surface area contributed by atoms with Gasteiger partial charge < -0.3 is 5.11 Å². The number of nitrogens with one attached hydrogen (secondary N) is 1. The van der Waals surface area contributed by atoms with Crippen molar-refractivity contribution in [2.45, 2.75) is 20.3 Å².